The molecule has 0 bridgehead atoms. The average Bonchev–Trinajstić information content (AvgIpc) is 3.46. The van der Waals surface area contributed by atoms with E-state index in [4.69, 9.17) is 4.98 Å². The largest absolute Gasteiger partial charge is 0.434 e. The second-order valence-electron chi connectivity index (χ2n) is 8.20. The molecule has 172 valence electrons. The zero-order valence-electron chi connectivity index (χ0n) is 18.1. The molecule has 1 fully saturated rings. The van der Waals surface area contributed by atoms with Crippen LogP contribution in [-0.2, 0) is 6.18 Å². The first-order chi connectivity index (χ1) is 15.7. The number of piperazine rings is 1. The smallest absolute Gasteiger partial charge is 0.351 e. The van der Waals surface area contributed by atoms with Gasteiger partial charge in [-0.2, -0.15) is 13.2 Å². The number of fused-ring (bicyclic) bond motifs is 1. The monoisotopic (exact) mass is 457 g/mol. The molecule has 5 heterocycles. The highest BCUT2D eigenvalue weighted by atomic mass is 19.4. The van der Waals surface area contributed by atoms with Crippen LogP contribution in [0, 0.1) is 0 Å². The highest BCUT2D eigenvalue weighted by Gasteiger charge is 2.39. The minimum absolute atomic E-state index is 0.00506. The summed E-state index contributed by atoms with van der Waals surface area (Å²) < 4.78 is 40.9. The van der Waals surface area contributed by atoms with E-state index in [9.17, 15) is 13.2 Å². The van der Waals surface area contributed by atoms with Crippen molar-refractivity contribution in [3.8, 4) is 11.5 Å². The summed E-state index contributed by atoms with van der Waals surface area (Å²) in [5.41, 5.74) is 0.523. The molecular formula is C21H22F3N9. The third kappa shape index (κ3) is 3.69. The molecule has 4 atom stereocenters. The molecule has 33 heavy (non-hydrogen) atoms. The number of hydrogen-bond acceptors (Lipinski definition) is 7. The molecule has 12 heteroatoms. The molecule has 1 saturated heterocycles. The molecule has 9 nitrogen and oxygen atoms in total. The summed E-state index contributed by atoms with van der Waals surface area (Å²) >= 11 is 0. The minimum atomic E-state index is -4.57. The standard InChI is InChI=1S/C21H22F3N9/c1-11-12(2)33(13(3)19(30-11)14-6-25-10-29-14)17-4-5-26-20(31-17)15-7-28-18-8-27-16(9-32(15)18)21(22,23)24/h4-13,19,30H,1-3H3,(H,25,29). The van der Waals surface area contributed by atoms with Crippen molar-refractivity contribution in [3.05, 3.63) is 54.8 Å². The predicted molar refractivity (Wildman–Crippen MR) is 114 cm³/mol. The minimum Gasteiger partial charge on any atom is -0.351 e. The number of nitrogens with one attached hydrogen (secondary N) is 2. The Hall–Kier alpha value is -3.54. The Morgan fingerprint density at radius 3 is 2.55 bits per heavy atom. The van der Waals surface area contributed by atoms with E-state index in [1.54, 1.807) is 12.5 Å². The maximum atomic E-state index is 13.2. The molecule has 0 aromatic carbocycles. The maximum Gasteiger partial charge on any atom is 0.434 e. The average molecular weight is 457 g/mol. The summed E-state index contributed by atoms with van der Waals surface area (Å²) in [7, 11) is 0. The number of H-pyrrole nitrogens is 1. The first-order valence-electron chi connectivity index (χ1n) is 10.5. The molecule has 4 aromatic rings. The number of hydrogen-bond donors (Lipinski definition) is 2. The van der Waals surface area contributed by atoms with E-state index in [0.29, 0.717) is 11.5 Å². The molecule has 4 unspecified atom stereocenters. The van der Waals surface area contributed by atoms with Gasteiger partial charge in [0, 0.05) is 36.7 Å². The van der Waals surface area contributed by atoms with Crippen LogP contribution in [0.3, 0.4) is 0 Å². The fourth-order valence-corrected chi connectivity index (χ4v) is 4.34. The Bertz CT molecular complexity index is 1270. The number of halogens is 3. The van der Waals surface area contributed by atoms with E-state index in [0.717, 1.165) is 18.1 Å². The van der Waals surface area contributed by atoms with E-state index < -0.39 is 11.9 Å². The summed E-state index contributed by atoms with van der Waals surface area (Å²) in [4.78, 5) is 26.3. The van der Waals surface area contributed by atoms with Crippen molar-refractivity contribution in [1.29, 1.82) is 0 Å². The summed E-state index contributed by atoms with van der Waals surface area (Å²) in [6, 6.07) is 2.02. The molecule has 4 aromatic heterocycles. The van der Waals surface area contributed by atoms with E-state index in [-0.39, 0.29) is 35.6 Å². The van der Waals surface area contributed by atoms with Gasteiger partial charge in [-0.15, -0.1) is 0 Å². The Morgan fingerprint density at radius 1 is 1.00 bits per heavy atom. The van der Waals surface area contributed by atoms with Gasteiger partial charge in [-0.25, -0.2) is 24.9 Å². The zero-order valence-corrected chi connectivity index (χ0v) is 18.1. The number of rotatable bonds is 3. The normalized spacial score (nSPS) is 23.9. The fourth-order valence-electron chi connectivity index (χ4n) is 4.34. The van der Waals surface area contributed by atoms with Crippen LogP contribution in [0.15, 0.2) is 43.4 Å². The lowest BCUT2D eigenvalue weighted by Crippen LogP contribution is -2.61. The van der Waals surface area contributed by atoms with Crippen LogP contribution in [0.5, 0.6) is 0 Å². The predicted octanol–water partition coefficient (Wildman–Crippen LogP) is 3.24. The zero-order chi connectivity index (χ0) is 23.3. The van der Waals surface area contributed by atoms with Crippen LogP contribution in [0.2, 0.25) is 0 Å². The lowest BCUT2D eigenvalue weighted by molar-refractivity contribution is -0.141. The SMILES string of the molecule is CC1NC(c2c[nH]cn2)C(C)N(c2ccnc(-c3cnc4cnc(C(F)(F)F)cn34)n2)C1C. The molecule has 5 rings (SSSR count). The molecule has 0 aliphatic carbocycles. The summed E-state index contributed by atoms with van der Waals surface area (Å²) in [5, 5.41) is 3.61. The van der Waals surface area contributed by atoms with Gasteiger partial charge < -0.3 is 15.2 Å². The lowest BCUT2D eigenvalue weighted by Gasteiger charge is -2.48. The summed E-state index contributed by atoms with van der Waals surface area (Å²) in [5.74, 6) is 0.954. The molecule has 1 aliphatic heterocycles. The molecule has 0 spiro atoms. The van der Waals surface area contributed by atoms with Gasteiger partial charge in [-0.05, 0) is 26.8 Å². The van der Waals surface area contributed by atoms with Crippen molar-refractivity contribution < 1.29 is 13.2 Å². The number of aromatic amines is 1. The molecule has 2 N–H and O–H groups in total. The van der Waals surface area contributed by atoms with Crippen molar-refractivity contribution in [1.82, 2.24) is 39.6 Å². The Labute approximate surface area is 187 Å². The second-order valence-corrected chi connectivity index (χ2v) is 8.20. The van der Waals surface area contributed by atoms with Crippen LogP contribution in [0.1, 0.15) is 38.2 Å². The van der Waals surface area contributed by atoms with Gasteiger partial charge in [0.1, 0.15) is 11.5 Å². The van der Waals surface area contributed by atoms with Crippen molar-refractivity contribution in [2.24, 2.45) is 0 Å². The van der Waals surface area contributed by atoms with Gasteiger partial charge in [0.25, 0.3) is 0 Å². The first-order valence-corrected chi connectivity index (χ1v) is 10.5. The third-order valence-corrected chi connectivity index (χ3v) is 6.18. The quantitative estimate of drug-likeness (QED) is 0.487. The van der Waals surface area contributed by atoms with Crippen molar-refractivity contribution in [2.75, 3.05) is 4.90 Å². The van der Waals surface area contributed by atoms with Crippen LogP contribution >= 0.6 is 0 Å². The van der Waals surface area contributed by atoms with E-state index in [1.165, 1.54) is 10.6 Å². The topological polar surface area (TPSA) is 99.9 Å². The van der Waals surface area contributed by atoms with Crippen molar-refractivity contribution >= 4 is 11.5 Å². The number of imidazole rings is 2. The Kier molecular flexibility index (Phi) is 5.04. The Morgan fingerprint density at radius 2 is 1.82 bits per heavy atom. The van der Waals surface area contributed by atoms with Gasteiger partial charge in [0.2, 0.25) is 0 Å². The molecule has 0 radical (unpaired) electrons. The van der Waals surface area contributed by atoms with Crippen LogP contribution in [0.4, 0.5) is 19.0 Å². The fraction of sp³-hybridized carbons (Fsp3) is 0.381. The van der Waals surface area contributed by atoms with Crippen LogP contribution in [-0.4, -0.2) is 52.4 Å². The van der Waals surface area contributed by atoms with E-state index in [1.807, 2.05) is 12.3 Å². The maximum absolute atomic E-state index is 13.2. The van der Waals surface area contributed by atoms with E-state index in [2.05, 4.69) is 55.9 Å². The first kappa shape index (κ1) is 21.3. The molecular weight excluding hydrogens is 435 g/mol. The van der Waals surface area contributed by atoms with E-state index >= 15 is 0 Å². The van der Waals surface area contributed by atoms with Gasteiger partial charge in [0.15, 0.2) is 17.2 Å². The highest BCUT2D eigenvalue weighted by molar-refractivity contribution is 5.59. The van der Waals surface area contributed by atoms with Gasteiger partial charge in [0.05, 0.1) is 30.5 Å². The number of nitrogens with zero attached hydrogens (tertiary/aromatic N) is 7. The molecule has 1 aliphatic rings. The van der Waals surface area contributed by atoms with Gasteiger partial charge in [-0.3, -0.25) is 4.40 Å². The molecule has 0 saturated carbocycles. The van der Waals surface area contributed by atoms with Crippen LogP contribution < -0.4 is 10.2 Å². The number of anilines is 1. The highest BCUT2D eigenvalue weighted by Crippen LogP contribution is 2.33. The number of aromatic nitrogens is 7. The van der Waals surface area contributed by atoms with Gasteiger partial charge >= 0.3 is 6.18 Å². The Balaban J connectivity index is 1.55. The van der Waals surface area contributed by atoms with Gasteiger partial charge in [-0.1, -0.05) is 0 Å². The number of alkyl halides is 3. The van der Waals surface area contributed by atoms with Crippen LogP contribution in [0.25, 0.3) is 17.2 Å². The lowest BCUT2D eigenvalue weighted by atomic mass is 9.94. The van der Waals surface area contributed by atoms with Crippen molar-refractivity contribution in [3.63, 3.8) is 0 Å². The second kappa shape index (κ2) is 7.80. The molecule has 0 amide bonds. The summed E-state index contributed by atoms with van der Waals surface area (Å²) in [6.07, 6.45) is 4.02. The van der Waals surface area contributed by atoms with Crippen molar-refractivity contribution in [2.45, 2.75) is 51.1 Å². The third-order valence-electron chi connectivity index (χ3n) is 6.18. The summed E-state index contributed by atoms with van der Waals surface area (Å²) in [6.45, 7) is 6.29.